The zero-order chi connectivity index (χ0) is 14.2. The highest BCUT2D eigenvalue weighted by Gasteiger charge is 2.12. The van der Waals surface area contributed by atoms with Crippen molar-refractivity contribution in [1.29, 1.82) is 0 Å². The van der Waals surface area contributed by atoms with E-state index in [1.165, 1.54) is 11.3 Å². The first-order chi connectivity index (χ1) is 9.79. The Morgan fingerprint density at radius 3 is 2.45 bits per heavy atom. The van der Waals surface area contributed by atoms with Crippen molar-refractivity contribution in [3.63, 3.8) is 0 Å². The number of likely N-dealkylation sites (tertiary alicyclic amines) is 1. The molecular formula is C17H21NOS. The molecule has 1 aromatic rings. The highest BCUT2D eigenvalue weighted by atomic mass is 32.2. The van der Waals surface area contributed by atoms with Crippen LogP contribution in [0.15, 0.2) is 47.4 Å². The van der Waals surface area contributed by atoms with E-state index in [4.69, 9.17) is 0 Å². The van der Waals surface area contributed by atoms with E-state index in [0.29, 0.717) is 0 Å². The third-order valence-corrected chi connectivity index (χ3v) is 4.17. The number of carbonyl (C=O) groups excluding carboxylic acids is 1. The first kappa shape index (κ1) is 14.9. The molecule has 0 spiro atoms. The summed E-state index contributed by atoms with van der Waals surface area (Å²) in [6, 6.07) is 8.38. The largest absolute Gasteiger partial charge is 0.339 e. The predicted octanol–water partition coefficient (Wildman–Crippen LogP) is 3.99. The molecule has 0 N–H and O–H groups in total. The second-order valence-electron chi connectivity index (χ2n) is 4.88. The normalized spacial score (nSPS) is 16.1. The van der Waals surface area contributed by atoms with Crippen LogP contribution >= 0.6 is 11.8 Å². The zero-order valence-corrected chi connectivity index (χ0v) is 12.7. The summed E-state index contributed by atoms with van der Waals surface area (Å²) in [5.74, 6) is 0.132. The van der Waals surface area contributed by atoms with Crippen molar-refractivity contribution < 1.29 is 4.79 Å². The van der Waals surface area contributed by atoms with Crippen LogP contribution in [0, 0.1) is 0 Å². The number of amides is 1. The van der Waals surface area contributed by atoms with Gasteiger partial charge in [-0.15, -0.1) is 11.8 Å². The summed E-state index contributed by atoms with van der Waals surface area (Å²) in [6.07, 6.45) is 13.0. The summed E-state index contributed by atoms with van der Waals surface area (Å²) < 4.78 is 0. The van der Waals surface area contributed by atoms with Gasteiger partial charge in [-0.1, -0.05) is 30.4 Å². The average molecular weight is 287 g/mol. The van der Waals surface area contributed by atoms with Crippen molar-refractivity contribution in [3.8, 4) is 0 Å². The van der Waals surface area contributed by atoms with Crippen LogP contribution < -0.4 is 0 Å². The molecule has 1 aromatic carbocycles. The van der Waals surface area contributed by atoms with Gasteiger partial charge in [0.2, 0.25) is 5.91 Å². The topological polar surface area (TPSA) is 20.3 Å². The molecule has 0 bridgehead atoms. The van der Waals surface area contributed by atoms with Crippen LogP contribution in [0.3, 0.4) is 0 Å². The van der Waals surface area contributed by atoms with Crippen molar-refractivity contribution in [2.75, 3.05) is 19.3 Å². The fourth-order valence-corrected chi connectivity index (χ4v) is 2.65. The fourth-order valence-electron chi connectivity index (χ4n) is 2.24. The second kappa shape index (κ2) is 7.95. The Kier molecular flexibility index (Phi) is 5.93. The quantitative estimate of drug-likeness (QED) is 0.474. The molecule has 0 aromatic heterocycles. The van der Waals surface area contributed by atoms with E-state index in [0.717, 1.165) is 31.5 Å². The maximum Gasteiger partial charge on any atom is 0.246 e. The highest BCUT2D eigenvalue weighted by molar-refractivity contribution is 7.98. The molecule has 106 valence electrons. The minimum Gasteiger partial charge on any atom is -0.339 e. The van der Waals surface area contributed by atoms with Crippen LogP contribution in [0.25, 0.3) is 6.08 Å². The lowest BCUT2D eigenvalue weighted by Gasteiger charge is -2.25. The summed E-state index contributed by atoms with van der Waals surface area (Å²) in [5.41, 5.74) is 1.15. The number of nitrogens with zero attached hydrogens (tertiary/aromatic N) is 1. The van der Waals surface area contributed by atoms with E-state index in [1.807, 2.05) is 23.1 Å². The second-order valence-corrected chi connectivity index (χ2v) is 5.76. The molecule has 20 heavy (non-hydrogen) atoms. The van der Waals surface area contributed by atoms with Gasteiger partial charge in [0.1, 0.15) is 0 Å². The fraction of sp³-hybridized carbons (Fsp3) is 0.353. The summed E-state index contributed by atoms with van der Waals surface area (Å²) in [6.45, 7) is 1.81. The van der Waals surface area contributed by atoms with Crippen LogP contribution in [-0.2, 0) is 4.79 Å². The Balaban J connectivity index is 1.84. The van der Waals surface area contributed by atoms with Gasteiger partial charge in [-0.2, -0.15) is 0 Å². The Bertz CT molecular complexity index is 484. The molecule has 0 unspecified atom stereocenters. The molecule has 1 heterocycles. The molecule has 2 rings (SSSR count). The lowest BCUT2D eigenvalue weighted by atomic mass is 10.1. The summed E-state index contributed by atoms with van der Waals surface area (Å²) in [7, 11) is 0. The number of hydrogen-bond donors (Lipinski definition) is 0. The van der Waals surface area contributed by atoms with Crippen LogP contribution in [0.4, 0.5) is 0 Å². The standard InChI is InChI=1S/C17H21NOS/c1-20-16-11-9-15(10-12-16)7-3-4-8-17(19)18-13-5-2-6-14-18/h3-4,7-12H,2,5-6,13-14H2,1H3/b7-3+,8-4+. The molecule has 2 nitrogen and oxygen atoms in total. The van der Waals surface area contributed by atoms with Crippen molar-refractivity contribution in [2.45, 2.75) is 24.2 Å². The molecule has 1 aliphatic heterocycles. The smallest absolute Gasteiger partial charge is 0.246 e. The molecule has 0 aliphatic carbocycles. The zero-order valence-electron chi connectivity index (χ0n) is 11.9. The highest BCUT2D eigenvalue weighted by Crippen LogP contribution is 2.15. The maximum atomic E-state index is 11.9. The summed E-state index contributed by atoms with van der Waals surface area (Å²) >= 11 is 1.74. The van der Waals surface area contributed by atoms with E-state index in [-0.39, 0.29) is 5.91 Å². The molecule has 3 heteroatoms. The first-order valence-corrected chi connectivity index (χ1v) is 8.30. The number of carbonyl (C=O) groups is 1. The Morgan fingerprint density at radius 2 is 1.80 bits per heavy atom. The van der Waals surface area contributed by atoms with Crippen molar-refractivity contribution in [3.05, 3.63) is 48.1 Å². The minimum atomic E-state index is 0.132. The van der Waals surface area contributed by atoms with Crippen LogP contribution in [-0.4, -0.2) is 30.2 Å². The van der Waals surface area contributed by atoms with Gasteiger partial charge in [0.05, 0.1) is 0 Å². The lowest BCUT2D eigenvalue weighted by molar-refractivity contribution is -0.126. The average Bonchev–Trinajstić information content (AvgIpc) is 2.53. The summed E-state index contributed by atoms with van der Waals surface area (Å²) in [4.78, 5) is 15.1. The van der Waals surface area contributed by atoms with E-state index >= 15 is 0 Å². The summed E-state index contributed by atoms with van der Waals surface area (Å²) in [5, 5.41) is 0. The van der Waals surface area contributed by atoms with Gasteiger partial charge < -0.3 is 4.90 Å². The molecule has 1 fully saturated rings. The minimum absolute atomic E-state index is 0.132. The number of piperidine rings is 1. The van der Waals surface area contributed by atoms with Gasteiger partial charge in [-0.05, 0) is 43.2 Å². The number of hydrogen-bond acceptors (Lipinski definition) is 2. The SMILES string of the molecule is CSc1ccc(/C=C/C=C/C(=O)N2CCCCC2)cc1. The van der Waals surface area contributed by atoms with E-state index in [2.05, 4.69) is 30.5 Å². The number of benzene rings is 1. The Labute approximate surface area is 125 Å². The molecule has 0 saturated carbocycles. The van der Waals surface area contributed by atoms with Crippen LogP contribution in [0.1, 0.15) is 24.8 Å². The van der Waals surface area contributed by atoms with Gasteiger partial charge in [0.25, 0.3) is 0 Å². The predicted molar refractivity (Wildman–Crippen MR) is 86.8 cm³/mol. The number of rotatable bonds is 4. The molecular weight excluding hydrogens is 266 g/mol. The maximum absolute atomic E-state index is 11.9. The third kappa shape index (κ3) is 4.57. The molecule has 0 atom stereocenters. The van der Waals surface area contributed by atoms with Gasteiger partial charge in [0, 0.05) is 24.1 Å². The van der Waals surface area contributed by atoms with E-state index < -0.39 is 0 Å². The molecule has 1 saturated heterocycles. The molecule has 0 radical (unpaired) electrons. The Hall–Kier alpha value is -1.48. The molecule has 1 aliphatic rings. The van der Waals surface area contributed by atoms with Gasteiger partial charge in [-0.25, -0.2) is 0 Å². The van der Waals surface area contributed by atoms with Gasteiger partial charge in [0.15, 0.2) is 0 Å². The van der Waals surface area contributed by atoms with Crippen LogP contribution in [0.2, 0.25) is 0 Å². The van der Waals surface area contributed by atoms with Crippen molar-refractivity contribution in [1.82, 2.24) is 4.90 Å². The van der Waals surface area contributed by atoms with Crippen molar-refractivity contribution in [2.24, 2.45) is 0 Å². The van der Waals surface area contributed by atoms with Crippen molar-refractivity contribution >= 4 is 23.7 Å². The number of thioether (sulfide) groups is 1. The first-order valence-electron chi connectivity index (χ1n) is 7.07. The van der Waals surface area contributed by atoms with E-state index in [9.17, 15) is 4.79 Å². The Morgan fingerprint density at radius 1 is 1.10 bits per heavy atom. The monoisotopic (exact) mass is 287 g/mol. The lowest BCUT2D eigenvalue weighted by Crippen LogP contribution is -2.34. The molecule has 1 amide bonds. The van der Waals surface area contributed by atoms with Gasteiger partial charge in [-0.3, -0.25) is 4.79 Å². The van der Waals surface area contributed by atoms with Gasteiger partial charge >= 0.3 is 0 Å². The van der Waals surface area contributed by atoms with E-state index in [1.54, 1.807) is 17.8 Å². The number of allylic oxidation sites excluding steroid dienone is 2. The third-order valence-electron chi connectivity index (χ3n) is 3.42. The van der Waals surface area contributed by atoms with Crippen LogP contribution in [0.5, 0.6) is 0 Å².